The molecule has 128 valence electrons. The number of benzene rings is 1. The second kappa shape index (κ2) is 4.66. The van der Waals surface area contributed by atoms with Crippen LogP contribution < -0.4 is 0 Å². The predicted octanol–water partition coefficient (Wildman–Crippen LogP) is 0.150. The van der Waals surface area contributed by atoms with Crippen LogP contribution in [0.25, 0.3) is 5.76 Å². The molecule has 1 aromatic carbocycles. The van der Waals surface area contributed by atoms with Crippen LogP contribution in [0.1, 0.15) is 22.8 Å². The maximum atomic E-state index is 12.9. The highest BCUT2D eigenvalue weighted by molar-refractivity contribution is 6.23. The summed E-state index contributed by atoms with van der Waals surface area (Å²) in [7, 11) is 0. The maximum Gasteiger partial charge on any atom is 0.197 e. The zero-order valence-corrected chi connectivity index (χ0v) is 13.0. The van der Waals surface area contributed by atoms with Gasteiger partial charge in [-0.1, -0.05) is 12.1 Å². The van der Waals surface area contributed by atoms with Crippen molar-refractivity contribution in [2.75, 3.05) is 0 Å². The standard InChI is InChI=1S/C18H14O7/c1-18(25)16(23)8-5-7-11(12(8)15(22)17(18)24)13(20)6-3-2-4-9(19)10(6)14(7)21/h2-5,15,17,19,21-22,24-25H,1H3. The highest BCUT2D eigenvalue weighted by Crippen LogP contribution is 2.48. The Bertz CT molecular complexity index is 962. The minimum Gasteiger partial charge on any atom is -0.507 e. The monoisotopic (exact) mass is 342 g/mol. The molecule has 4 rings (SSSR count). The Balaban J connectivity index is 2.06. The number of carbonyl (C=O) groups excluding carboxylic acids is 2. The number of hydrogen-bond donors (Lipinski definition) is 5. The maximum absolute atomic E-state index is 12.9. The van der Waals surface area contributed by atoms with Crippen LogP contribution in [-0.2, 0) is 4.79 Å². The molecule has 0 heterocycles. The topological polar surface area (TPSA) is 135 Å². The van der Waals surface area contributed by atoms with E-state index in [1.54, 1.807) is 0 Å². The average molecular weight is 342 g/mol. The Morgan fingerprint density at radius 2 is 1.80 bits per heavy atom. The number of phenolic OH excluding ortho intramolecular Hbond substituents is 1. The average Bonchev–Trinajstić information content (AvgIpc) is 2.97. The number of rotatable bonds is 0. The van der Waals surface area contributed by atoms with Crippen LogP contribution in [0.5, 0.6) is 5.75 Å². The quantitative estimate of drug-likeness (QED) is 0.453. The van der Waals surface area contributed by atoms with Crippen molar-refractivity contribution < 1.29 is 35.1 Å². The number of aromatic hydroxyl groups is 1. The van der Waals surface area contributed by atoms with Gasteiger partial charge in [0.15, 0.2) is 17.2 Å². The van der Waals surface area contributed by atoms with Crippen LogP contribution in [0.3, 0.4) is 0 Å². The molecule has 3 unspecified atom stereocenters. The van der Waals surface area contributed by atoms with Crippen molar-refractivity contribution >= 4 is 17.3 Å². The number of aliphatic hydroxyl groups excluding tert-OH is 3. The van der Waals surface area contributed by atoms with Crippen molar-refractivity contribution in [3.63, 3.8) is 0 Å². The summed E-state index contributed by atoms with van der Waals surface area (Å²) in [5.41, 5.74) is -2.66. The highest BCUT2D eigenvalue weighted by atomic mass is 16.4. The van der Waals surface area contributed by atoms with Crippen LogP contribution in [0.4, 0.5) is 0 Å². The van der Waals surface area contributed by atoms with Gasteiger partial charge in [-0.25, -0.2) is 0 Å². The summed E-state index contributed by atoms with van der Waals surface area (Å²) in [5.74, 6) is -2.16. The zero-order valence-electron chi connectivity index (χ0n) is 13.0. The van der Waals surface area contributed by atoms with Gasteiger partial charge in [0, 0.05) is 27.9 Å². The molecule has 0 saturated heterocycles. The highest BCUT2D eigenvalue weighted by Gasteiger charge is 2.54. The third-order valence-corrected chi connectivity index (χ3v) is 5.00. The SMILES string of the molecule is CC1(O)C(=O)C2=CC3=C(O)c4c(O)cccc4C(=O)C3=C2C(O)C1O. The number of hydrogen-bond acceptors (Lipinski definition) is 7. The molecule has 0 amide bonds. The summed E-state index contributed by atoms with van der Waals surface area (Å²) in [6.07, 6.45) is -2.30. The Hall–Kier alpha value is -2.74. The summed E-state index contributed by atoms with van der Waals surface area (Å²) in [6, 6.07) is 4.14. The minimum absolute atomic E-state index is 0.0184. The van der Waals surface area contributed by atoms with E-state index >= 15 is 0 Å². The molecule has 7 heteroatoms. The summed E-state index contributed by atoms with van der Waals surface area (Å²) < 4.78 is 0. The molecule has 1 aromatic rings. The minimum atomic E-state index is -2.23. The Morgan fingerprint density at radius 1 is 1.12 bits per heavy atom. The third-order valence-electron chi connectivity index (χ3n) is 5.00. The van der Waals surface area contributed by atoms with Crippen LogP contribution in [0.15, 0.2) is 46.6 Å². The normalized spacial score (nSPS) is 31.0. The van der Waals surface area contributed by atoms with Gasteiger partial charge in [0.25, 0.3) is 0 Å². The molecular weight excluding hydrogens is 328 g/mol. The van der Waals surface area contributed by atoms with E-state index < -0.39 is 35.1 Å². The largest absolute Gasteiger partial charge is 0.507 e. The van der Waals surface area contributed by atoms with Gasteiger partial charge in [-0.2, -0.15) is 0 Å². The van der Waals surface area contributed by atoms with Crippen molar-refractivity contribution in [3.8, 4) is 5.75 Å². The fraction of sp³-hybridized carbons (Fsp3) is 0.222. The van der Waals surface area contributed by atoms with Crippen molar-refractivity contribution in [1.29, 1.82) is 0 Å². The Kier molecular flexibility index (Phi) is 2.94. The second-order valence-electron chi connectivity index (χ2n) is 6.50. The van der Waals surface area contributed by atoms with E-state index in [0.29, 0.717) is 0 Å². The van der Waals surface area contributed by atoms with Crippen molar-refractivity contribution in [3.05, 3.63) is 57.7 Å². The van der Waals surface area contributed by atoms with Crippen LogP contribution in [0, 0.1) is 0 Å². The molecule has 0 aromatic heterocycles. The van der Waals surface area contributed by atoms with Gasteiger partial charge in [-0.3, -0.25) is 9.59 Å². The smallest absolute Gasteiger partial charge is 0.197 e. The van der Waals surface area contributed by atoms with Crippen LogP contribution in [-0.4, -0.2) is 54.9 Å². The van der Waals surface area contributed by atoms with E-state index in [-0.39, 0.29) is 39.2 Å². The predicted molar refractivity (Wildman–Crippen MR) is 84.7 cm³/mol. The fourth-order valence-electron chi connectivity index (χ4n) is 3.62. The molecule has 0 aliphatic heterocycles. The van der Waals surface area contributed by atoms with E-state index in [1.807, 2.05) is 0 Å². The van der Waals surface area contributed by atoms with Gasteiger partial charge in [0.2, 0.25) is 0 Å². The van der Waals surface area contributed by atoms with Gasteiger partial charge in [0.1, 0.15) is 23.7 Å². The Labute approximate surface area is 141 Å². The van der Waals surface area contributed by atoms with Gasteiger partial charge < -0.3 is 25.5 Å². The molecule has 3 aliphatic carbocycles. The van der Waals surface area contributed by atoms with E-state index in [2.05, 4.69) is 0 Å². The second-order valence-corrected chi connectivity index (χ2v) is 6.50. The van der Waals surface area contributed by atoms with E-state index in [9.17, 15) is 35.1 Å². The molecule has 3 aliphatic rings. The number of Topliss-reactive ketones (excluding diaryl/α,β-unsaturated/α-hetero) is 2. The van der Waals surface area contributed by atoms with E-state index in [1.165, 1.54) is 24.3 Å². The third kappa shape index (κ3) is 1.74. The van der Waals surface area contributed by atoms with E-state index in [4.69, 9.17) is 0 Å². The molecule has 5 N–H and O–H groups in total. The lowest BCUT2D eigenvalue weighted by molar-refractivity contribution is -0.155. The molecule has 7 nitrogen and oxygen atoms in total. The summed E-state index contributed by atoms with van der Waals surface area (Å²) >= 11 is 0. The van der Waals surface area contributed by atoms with Gasteiger partial charge >= 0.3 is 0 Å². The molecule has 0 spiro atoms. The number of aliphatic hydroxyl groups is 4. The number of fused-ring (bicyclic) bond motifs is 3. The number of ketones is 2. The number of phenols is 1. The lowest BCUT2D eigenvalue weighted by Gasteiger charge is -2.37. The number of allylic oxidation sites excluding steroid dienone is 3. The Morgan fingerprint density at radius 3 is 2.48 bits per heavy atom. The first-order valence-electron chi connectivity index (χ1n) is 7.58. The van der Waals surface area contributed by atoms with Crippen molar-refractivity contribution in [2.24, 2.45) is 0 Å². The molecule has 0 bridgehead atoms. The van der Waals surface area contributed by atoms with Gasteiger partial charge in [0.05, 0.1) is 5.56 Å². The van der Waals surface area contributed by atoms with Gasteiger partial charge in [-0.15, -0.1) is 0 Å². The van der Waals surface area contributed by atoms with Gasteiger partial charge in [-0.05, 0) is 19.1 Å². The fourth-order valence-corrected chi connectivity index (χ4v) is 3.62. The van der Waals surface area contributed by atoms with Crippen LogP contribution >= 0.6 is 0 Å². The molecule has 0 radical (unpaired) electrons. The van der Waals surface area contributed by atoms with Crippen molar-refractivity contribution in [1.82, 2.24) is 0 Å². The molecule has 3 atom stereocenters. The first-order chi connectivity index (χ1) is 11.7. The molecule has 1 saturated carbocycles. The number of carbonyl (C=O) groups is 2. The lowest BCUT2D eigenvalue weighted by atomic mass is 9.74. The van der Waals surface area contributed by atoms with E-state index in [0.717, 1.165) is 6.92 Å². The summed E-state index contributed by atoms with van der Waals surface area (Å²) in [5, 5.41) is 51.1. The summed E-state index contributed by atoms with van der Waals surface area (Å²) in [4.78, 5) is 25.3. The molecular formula is C18H14O7. The zero-order chi connectivity index (χ0) is 18.3. The van der Waals surface area contributed by atoms with Crippen molar-refractivity contribution in [2.45, 2.75) is 24.7 Å². The van der Waals surface area contributed by atoms with Crippen LogP contribution in [0.2, 0.25) is 0 Å². The first kappa shape index (κ1) is 15.8. The summed E-state index contributed by atoms with van der Waals surface area (Å²) in [6.45, 7) is 1.07. The first-order valence-corrected chi connectivity index (χ1v) is 7.58. The lowest BCUT2D eigenvalue weighted by Crippen LogP contribution is -2.57. The molecule has 1 fully saturated rings. The molecule has 25 heavy (non-hydrogen) atoms.